The molecule has 3 aromatic heterocycles. The normalized spacial score (nSPS) is 12.1. The maximum atomic E-state index is 2.48. The second-order valence-corrected chi connectivity index (χ2v) is 13.1. The lowest BCUT2D eigenvalue weighted by Crippen LogP contribution is -1.86. The zero-order valence-electron chi connectivity index (χ0n) is 20.7. The highest BCUT2D eigenvalue weighted by Crippen LogP contribution is 2.47. The molecule has 3 heterocycles. The third-order valence-electron chi connectivity index (χ3n) is 7.19. The first-order chi connectivity index (χ1) is 17.2. The molecule has 35 heavy (non-hydrogen) atoms. The fourth-order valence-corrected chi connectivity index (χ4v) is 8.94. The van der Waals surface area contributed by atoms with Gasteiger partial charge < -0.3 is 0 Å². The molecule has 3 heteroatoms. The summed E-state index contributed by atoms with van der Waals surface area (Å²) in [4.78, 5) is 1.36. The molecule has 3 aromatic carbocycles. The van der Waals surface area contributed by atoms with E-state index in [1.165, 1.54) is 113 Å². The van der Waals surface area contributed by atoms with Crippen molar-refractivity contribution in [3.8, 4) is 10.4 Å². The van der Waals surface area contributed by atoms with Crippen molar-refractivity contribution >= 4 is 73.7 Å². The number of hydrogen-bond acceptors (Lipinski definition) is 3. The van der Waals surface area contributed by atoms with Gasteiger partial charge in [-0.25, -0.2) is 0 Å². The van der Waals surface area contributed by atoms with Gasteiger partial charge in [-0.3, -0.25) is 0 Å². The van der Waals surface area contributed by atoms with Crippen molar-refractivity contribution < 1.29 is 0 Å². The summed E-state index contributed by atoms with van der Waals surface area (Å²) in [5.74, 6) is 0. The Kier molecular flexibility index (Phi) is 6.66. The molecule has 0 N–H and O–H groups in total. The van der Waals surface area contributed by atoms with E-state index < -0.39 is 0 Å². The average Bonchev–Trinajstić information content (AvgIpc) is 3.54. The molecule has 0 nitrogen and oxygen atoms in total. The van der Waals surface area contributed by atoms with Crippen molar-refractivity contribution in [2.75, 3.05) is 0 Å². The van der Waals surface area contributed by atoms with Gasteiger partial charge in [-0.05, 0) is 66.6 Å². The number of benzene rings is 3. The molecule has 0 aliphatic rings. The number of unbranched alkanes of at least 4 members (excludes halogenated alkanes) is 6. The van der Waals surface area contributed by atoms with Crippen molar-refractivity contribution in [3.05, 3.63) is 71.8 Å². The van der Waals surface area contributed by atoms with Crippen molar-refractivity contribution in [1.82, 2.24) is 0 Å². The summed E-state index contributed by atoms with van der Waals surface area (Å²) in [5.41, 5.74) is 4.14. The Bertz CT molecular complexity index is 1610. The second-order valence-electron chi connectivity index (χ2n) is 9.93. The maximum Gasteiger partial charge on any atom is 0.0542 e. The van der Waals surface area contributed by atoms with E-state index in [1.807, 2.05) is 34.0 Å². The molecule has 178 valence electrons. The van der Waals surface area contributed by atoms with Gasteiger partial charge in [-0.2, -0.15) is 0 Å². The summed E-state index contributed by atoms with van der Waals surface area (Å²) >= 11 is 5.88. The lowest BCUT2D eigenvalue weighted by atomic mass is 10.0. The van der Waals surface area contributed by atoms with E-state index in [1.54, 1.807) is 0 Å². The Balaban J connectivity index is 1.28. The molecule has 6 rings (SSSR count). The van der Waals surface area contributed by atoms with E-state index in [0.29, 0.717) is 0 Å². The zero-order valence-corrected chi connectivity index (χ0v) is 23.1. The van der Waals surface area contributed by atoms with E-state index in [2.05, 4.69) is 74.5 Å². The first-order valence-corrected chi connectivity index (χ1v) is 15.5. The number of rotatable bonds is 9. The molecule has 0 saturated carbocycles. The van der Waals surface area contributed by atoms with Gasteiger partial charge in [0.05, 0.1) is 9.40 Å². The van der Waals surface area contributed by atoms with Gasteiger partial charge in [-0.15, -0.1) is 34.0 Å². The summed E-state index contributed by atoms with van der Waals surface area (Å²) in [6.07, 6.45) is 10.8. The zero-order chi connectivity index (χ0) is 23.8. The molecule has 0 fully saturated rings. The van der Waals surface area contributed by atoms with Gasteiger partial charge in [-0.1, -0.05) is 81.3 Å². The van der Waals surface area contributed by atoms with Crippen LogP contribution in [0, 0.1) is 6.92 Å². The van der Waals surface area contributed by atoms with Crippen LogP contribution in [0.15, 0.2) is 60.7 Å². The minimum atomic E-state index is 1.21. The molecular weight excluding hydrogens is 481 g/mol. The predicted octanol–water partition coefficient (Wildman–Crippen LogP) is 11.8. The van der Waals surface area contributed by atoms with Crippen molar-refractivity contribution in [2.24, 2.45) is 0 Å². The lowest BCUT2D eigenvalue weighted by Gasteiger charge is -2.03. The Morgan fingerprint density at radius 1 is 0.600 bits per heavy atom. The summed E-state index contributed by atoms with van der Waals surface area (Å²) in [7, 11) is 0. The number of thiophene rings is 3. The maximum absolute atomic E-state index is 2.48. The molecule has 0 saturated heterocycles. The largest absolute Gasteiger partial charge is 0.135 e. The Morgan fingerprint density at radius 3 is 2.11 bits per heavy atom. The third-order valence-corrected chi connectivity index (χ3v) is 10.9. The number of hydrogen-bond donors (Lipinski definition) is 0. The van der Waals surface area contributed by atoms with Crippen LogP contribution in [0.3, 0.4) is 0 Å². The number of aryl methyl sites for hydroxylation is 2. The lowest BCUT2D eigenvalue weighted by molar-refractivity contribution is 0.589. The van der Waals surface area contributed by atoms with Gasteiger partial charge >= 0.3 is 0 Å². The molecule has 0 bridgehead atoms. The van der Waals surface area contributed by atoms with Crippen LogP contribution < -0.4 is 0 Å². The predicted molar refractivity (Wildman–Crippen MR) is 162 cm³/mol. The van der Waals surface area contributed by atoms with Crippen molar-refractivity contribution in [1.29, 1.82) is 0 Å². The monoisotopic (exact) mass is 512 g/mol. The molecule has 6 aromatic rings. The second kappa shape index (κ2) is 10.0. The first kappa shape index (κ1) is 23.2. The summed E-state index contributed by atoms with van der Waals surface area (Å²) in [6.45, 7) is 4.44. The minimum Gasteiger partial charge on any atom is -0.135 e. The summed E-state index contributed by atoms with van der Waals surface area (Å²) in [6, 6.07) is 23.4. The standard InChI is InChI=1S/C32H32S3/c1-3-4-5-6-7-8-9-10-22-13-16-27-25(17-22)31-32(34-27)26-18-24-19-28(23-14-11-21(2)12-15-23)33-29(24)20-30(26)35-31/h11-20H,3-10H2,1-2H3. The van der Waals surface area contributed by atoms with Crippen LogP contribution in [0.1, 0.15) is 63.0 Å². The Labute approximate surface area is 220 Å². The Morgan fingerprint density at radius 2 is 1.31 bits per heavy atom. The van der Waals surface area contributed by atoms with Crippen LogP contribution in [0.25, 0.3) is 50.1 Å². The first-order valence-electron chi connectivity index (χ1n) is 13.1. The molecule has 0 spiro atoms. The van der Waals surface area contributed by atoms with Crippen LogP contribution in [0.4, 0.5) is 0 Å². The fourth-order valence-electron chi connectivity index (χ4n) is 5.14. The average molecular weight is 513 g/mol. The van der Waals surface area contributed by atoms with Gasteiger partial charge in [0, 0.05) is 29.7 Å². The third kappa shape index (κ3) is 4.67. The molecule has 0 amide bonds. The van der Waals surface area contributed by atoms with Crippen LogP contribution in [-0.2, 0) is 6.42 Å². The summed E-state index contributed by atoms with van der Waals surface area (Å²) < 4.78 is 7.21. The SMILES string of the molecule is CCCCCCCCCc1ccc2sc3c4cc5cc(-c6ccc(C)cc6)sc5cc4sc3c2c1. The van der Waals surface area contributed by atoms with Gasteiger partial charge in [0.25, 0.3) is 0 Å². The van der Waals surface area contributed by atoms with Gasteiger partial charge in [0.2, 0.25) is 0 Å². The van der Waals surface area contributed by atoms with Crippen LogP contribution in [0.5, 0.6) is 0 Å². The topological polar surface area (TPSA) is 0 Å². The summed E-state index contributed by atoms with van der Waals surface area (Å²) in [5, 5.41) is 4.27. The molecular formula is C32H32S3. The molecule has 0 unspecified atom stereocenters. The van der Waals surface area contributed by atoms with Crippen molar-refractivity contribution in [2.45, 2.75) is 65.2 Å². The van der Waals surface area contributed by atoms with E-state index in [4.69, 9.17) is 0 Å². The Hall–Kier alpha value is -2.20. The van der Waals surface area contributed by atoms with E-state index in [-0.39, 0.29) is 0 Å². The van der Waals surface area contributed by atoms with Gasteiger partial charge in [0.1, 0.15) is 0 Å². The minimum absolute atomic E-state index is 1.21. The highest BCUT2D eigenvalue weighted by atomic mass is 32.1. The smallest absolute Gasteiger partial charge is 0.0542 e. The molecule has 0 radical (unpaired) electrons. The van der Waals surface area contributed by atoms with E-state index in [0.717, 1.165) is 0 Å². The molecule has 0 aliphatic heterocycles. The highest BCUT2D eigenvalue weighted by molar-refractivity contribution is 7.36. The quantitative estimate of drug-likeness (QED) is 0.169. The van der Waals surface area contributed by atoms with E-state index in [9.17, 15) is 0 Å². The van der Waals surface area contributed by atoms with Crippen molar-refractivity contribution in [3.63, 3.8) is 0 Å². The molecule has 0 aliphatic carbocycles. The fraction of sp³-hybridized carbons (Fsp3) is 0.312. The van der Waals surface area contributed by atoms with Crippen LogP contribution in [0.2, 0.25) is 0 Å². The number of fused-ring (bicyclic) bond motifs is 6. The van der Waals surface area contributed by atoms with Crippen LogP contribution >= 0.6 is 34.0 Å². The van der Waals surface area contributed by atoms with Crippen LogP contribution in [-0.4, -0.2) is 0 Å². The molecule has 0 atom stereocenters. The highest BCUT2D eigenvalue weighted by Gasteiger charge is 2.15. The van der Waals surface area contributed by atoms with E-state index >= 15 is 0 Å². The van der Waals surface area contributed by atoms with Gasteiger partial charge in [0.15, 0.2) is 0 Å².